The third-order valence-electron chi connectivity index (χ3n) is 2.38. The molecule has 0 unspecified atom stereocenters. The number of hydrogen-bond donors (Lipinski definition) is 0. The van der Waals surface area contributed by atoms with Crippen molar-refractivity contribution in [1.82, 2.24) is 0 Å². The van der Waals surface area contributed by atoms with Crippen molar-refractivity contribution in [3.8, 4) is 0 Å². The van der Waals surface area contributed by atoms with Gasteiger partial charge in [-0.05, 0) is 18.9 Å². The van der Waals surface area contributed by atoms with Gasteiger partial charge in [0.1, 0.15) is 0 Å². The monoisotopic (exact) mass is 216 g/mol. The van der Waals surface area contributed by atoms with E-state index in [1.165, 1.54) is 0 Å². The van der Waals surface area contributed by atoms with E-state index < -0.39 is 11.6 Å². The van der Waals surface area contributed by atoms with E-state index in [1.54, 1.807) is 0 Å². The van der Waals surface area contributed by atoms with E-state index in [9.17, 15) is 13.6 Å². The molecule has 0 N–H and O–H groups in total. The number of halogens is 3. The van der Waals surface area contributed by atoms with Crippen molar-refractivity contribution >= 4 is 17.4 Å². The fourth-order valence-corrected chi connectivity index (χ4v) is 2.05. The fourth-order valence-electron chi connectivity index (χ4n) is 1.73. The Kier molecular flexibility index (Phi) is 2.27. The quantitative estimate of drug-likeness (QED) is 0.609. The molecule has 1 aromatic carbocycles. The van der Waals surface area contributed by atoms with E-state index in [0.717, 1.165) is 6.07 Å². The summed E-state index contributed by atoms with van der Waals surface area (Å²) in [6.45, 7) is 0. The number of fused-ring (bicyclic) bond motifs is 1. The lowest BCUT2D eigenvalue weighted by molar-refractivity contribution is 0.0971. The van der Waals surface area contributed by atoms with Gasteiger partial charge in [-0.25, -0.2) is 8.78 Å². The Labute approximate surface area is 84.7 Å². The molecular weight excluding hydrogens is 210 g/mol. The standard InChI is InChI=1S/C10H7ClF2O/c11-6-4-7(12)10(13)5-2-1-3-8(14)9(5)6/h4H,1-3H2. The number of ketones is 1. The van der Waals surface area contributed by atoms with Crippen molar-refractivity contribution in [1.29, 1.82) is 0 Å². The summed E-state index contributed by atoms with van der Waals surface area (Å²) >= 11 is 5.69. The molecule has 4 heteroatoms. The molecule has 0 heterocycles. The molecule has 1 aliphatic rings. The number of carbonyl (C=O) groups excluding carboxylic acids is 1. The molecule has 0 saturated heterocycles. The van der Waals surface area contributed by atoms with Crippen LogP contribution in [0.25, 0.3) is 0 Å². The van der Waals surface area contributed by atoms with E-state index in [-0.39, 0.29) is 21.9 Å². The molecule has 0 aliphatic heterocycles. The molecule has 0 spiro atoms. The number of hydrogen-bond acceptors (Lipinski definition) is 1. The molecule has 0 radical (unpaired) electrons. The summed E-state index contributed by atoms with van der Waals surface area (Å²) < 4.78 is 26.2. The van der Waals surface area contributed by atoms with Crippen molar-refractivity contribution in [2.45, 2.75) is 19.3 Å². The third kappa shape index (κ3) is 1.32. The minimum absolute atomic E-state index is 0.0172. The van der Waals surface area contributed by atoms with Gasteiger partial charge in [0.15, 0.2) is 17.4 Å². The normalized spacial score (nSPS) is 15.5. The highest BCUT2D eigenvalue weighted by Gasteiger charge is 2.25. The Bertz CT molecular complexity index is 415. The molecule has 1 aromatic rings. The fraction of sp³-hybridized carbons (Fsp3) is 0.300. The zero-order chi connectivity index (χ0) is 10.3. The lowest BCUT2D eigenvalue weighted by Crippen LogP contribution is -2.14. The van der Waals surface area contributed by atoms with E-state index in [2.05, 4.69) is 0 Å². The molecule has 0 bridgehead atoms. The average molecular weight is 217 g/mol. The Morgan fingerprint density at radius 1 is 1.29 bits per heavy atom. The summed E-state index contributed by atoms with van der Waals surface area (Å²) in [6, 6.07) is 0.860. The molecule has 0 amide bonds. The number of Topliss-reactive ketones (excluding diaryl/α,β-unsaturated/α-hetero) is 1. The van der Waals surface area contributed by atoms with E-state index in [4.69, 9.17) is 11.6 Å². The van der Waals surface area contributed by atoms with Crippen molar-refractivity contribution < 1.29 is 13.6 Å². The van der Waals surface area contributed by atoms with Crippen molar-refractivity contribution in [3.05, 3.63) is 33.9 Å². The second-order valence-electron chi connectivity index (χ2n) is 3.28. The molecule has 0 atom stereocenters. The Hall–Kier alpha value is -0.960. The summed E-state index contributed by atoms with van der Waals surface area (Å²) in [5.74, 6) is -2.11. The molecule has 1 aliphatic carbocycles. The first-order valence-electron chi connectivity index (χ1n) is 4.31. The van der Waals surface area contributed by atoms with Crippen LogP contribution in [0.3, 0.4) is 0 Å². The van der Waals surface area contributed by atoms with Crippen LogP contribution in [0.4, 0.5) is 8.78 Å². The second kappa shape index (κ2) is 3.31. The SMILES string of the molecule is O=C1CCCc2c(F)c(F)cc(Cl)c21. The molecular formula is C10H7ClF2O. The number of carbonyl (C=O) groups is 1. The summed E-state index contributed by atoms with van der Waals surface area (Å²) in [5.41, 5.74) is 0.295. The van der Waals surface area contributed by atoms with Gasteiger partial charge in [-0.1, -0.05) is 11.6 Å². The van der Waals surface area contributed by atoms with Crippen LogP contribution in [0, 0.1) is 11.6 Å². The van der Waals surface area contributed by atoms with E-state index >= 15 is 0 Å². The first-order valence-corrected chi connectivity index (χ1v) is 4.68. The highest BCUT2D eigenvalue weighted by atomic mass is 35.5. The van der Waals surface area contributed by atoms with Gasteiger partial charge in [0.25, 0.3) is 0 Å². The first-order chi connectivity index (χ1) is 6.61. The summed E-state index contributed by atoms with van der Waals surface area (Å²) in [7, 11) is 0. The maximum Gasteiger partial charge on any atom is 0.164 e. The zero-order valence-electron chi connectivity index (χ0n) is 7.24. The van der Waals surface area contributed by atoms with Gasteiger partial charge in [0.2, 0.25) is 0 Å². The van der Waals surface area contributed by atoms with Gasteiger partial charge in [-0.15, -0.1) is 0 Å². The lowest BCUT2D eigenvalue weighted by atomic mass is 9.90. The van der Waals surface area contributed by atoms with E-state index in [1.807, 2.05) is 0 Å². The zero-order valence-corrected chi connectivity index (χ0v) is 8.00. The van der Waals surface area contributed by atoms with Crippen LogP contribution in [-0.2, 0) is 6.42 Å². The topological polar surface area (TPSA) is 17.1 Å². The lowest BCUT2D eigenvalue weighted by Gasteiger charge is -2.16. The highest BCUT2D eigenvalue weighted by Crippen LogP contribution is 2.31. The maximum absolute atomic E-state index is 13.3. The Balaban J connectivity index is 2.72. The Morgan fingerprint density at radius 2 is 2.00 bits per heavy atom. The van der Waals surface area contributed by atoms with Gasteiger partial charge in [-0.3, -0.25) is 4.79 Å². The maximum atomic E-state index is 13.3. The van der Waals surface area contributed by atoms with Crippen LogP contribution in [0.5, 0.6) is 0 Å². The smallest absolute Gasteiger partial charge is 0.164 e. The van der Waals surface area contributed by atoms with Gasteiger partial charge in [-0.2, -0.15) is 0 Å². The van der Waals surface area contributed by atoms with Crippen LogP contribution < -0.4 is 0 Å². The first kappa shape index (κ1) is 9.59. The molecule has 14 heavy (non-hydrogen) atoms. The van der Waals surface area contributed by atoms with Gasteiger partial charge in [0, 0.05) is 17.5 Å². The van der Waals surface area contributed by atoms with Crippen molar-refractivity contribution in [2.75, 3.05) is 0 Å². The van der Waals surface area contributed by atoms with Crippen molar-refractivity contribution in [2.24, 2.45) is 0 Å². The van der Waals surface area contributed by atoms with Crippen LogP contribution in [0.2, 0.25) is 5.02 Å². The van der Waals surface area contributed by atoms with Gasteiger partial charge < -0.3 is 0 Å². The summed E-state index contributed by atoms with van der Waals surface area (Å²) in [4.78, 5) is 11.4. The predicted molar refractivity (Wildman–Crippen MR) is 48.6 cm³/mol. The average Bonchev–Trinajstić information content (AvgIpc) is 2.14. The predicted octanol–water partition coefficient (Wildman–Crippen LogP) is 3.14. The molecule has 1 nitrogen and oxygen atoms in total. The largest absolute Gasteiger partial charge is 0.294 e. The number of benzene rings is 1. The van der Waals surface area contributed by atoms with Crippen LogP contribution in [-0.4, -0.2) is 5.78 Å². The van der Waals surface area contributed by atoms with Crippen molar-refractivity contribution in [3.63, 3.8) is 0 Å². The molecule has 2 rings (SSSR count). The van der Waals surface area contributed by atoms with Crippen LogP contribution >= 0.6 is 11.6 Å². The van der Waals surface area contributed by atoms with E-state index in [0.29, 0.717) is 19.3 Å². The third-order valence-corrected chi connectivity index (χ3v) is 2.68. The minimum Gasteiger partial charge on any atom is -0.294 e. The molecule has 0 aromatic heterocycles. The summed E-state index contributed by atoms with van der Waals surface area (Å²) in [6.07, 6.45) is 1.30. The van der Waals surface area contributed by atoms with Crippen LogP contribution in [0.1, 0.15) is 28.8 Å². The Morgan fingerprint density at radius 3 is 2.71 bits per heavy atom. The number of rotatable bonds is 0. The van der Waals surface area contributed by atoms with Gasteiger partial charge >= 0.3 is 0 Å². The molecule has 0 saturated carbocycles. The second-order valence-corrected chi connectivity index (χ2v) is 3.69. The van der Waals surface area contributed by atoms with Crippen LogP contribution in [0.15, 0.2) is 6.07 Å². The molecule has 0 fully saturated rings. The minimum atomic E-state index is -0.983. The summed E-state index contributed by atoms with van der Waals surface area (Å²) in [5, 5.41) is 0.0172. The highest BCUT2D eigenvalue weighted by molar-refractivity contribution is 6.34. The van der Waals surface area contributed by atoms with Gasteiger partial charge in [0.05, 0.1) is 5.02 Å². The molecule has 74 valence electrons.